The first-order valence-corrected chi connectivity index (χ1v) is 0.289. The van der Waals surface area contributed by atoms with Crippen LogP contribution in [0.1, 0.15) is 0 Å². The average molecular weight is 135 g/mol. The topological polar surface area (TPSA) is 48.6 Å². The van der Waals surface area contributed by atoms with Gasteiger partial charge in [0.1, 0.15) is 0 Å². The molecule has 0 aromatic carbocycles. The molecule has 0 aliphatic heterocycles. The molecule has 0 aromatic heterocycles. The summed E-state index contributed by atoms with van der Waals surface area (Å²) in [5, 5.41) is 0. The zero-order chi connectivity index (χ0) is 2.00. The molecule has 2 nitrogen and oxygen atoms in total. The summed E-state index contributed by atoms with van der Waals surface area (Å²) in [5.74, 6) is 0. The molecule has 0 bridgehead atoms. The van der Waals surface area contributed by atoms with E-state index in [9.17, 15) is 0 Å². The SMILES string of the molecule is B=O.O.[SrH2]. The molecule has 0 aliphatic rings. The normalized spacial score (nSPS) is 0.750. The molecule has 22 valence electrons. The molecule has 0 saturated carbocycles. The molecule has 4 heteroatoms. The summed E-state index contributed by atoms with van der Waals surface area (Å²) in [4.78, 5) is 0. The Morgan fingerprint density at radius 3 is 1.25 bits per heavy atom. The molecule has 0 saturated heterocycles. The van der Waals surface area contributed by atoms with Crippen molar-refractivity contribution in [2.24, 2.45) is 0 Å². The van der Waals surface area contributed by atoms with E-state index in [0.717, 1.165) is 0 Å². The van der Waals surface area contributed by atoms with Crippen molar-refractivity contribution in [3.8, 4) is 0 Å². The molecule has 0 radical (unpaired) electrons. The fourth-order valence-electron chi connectivity index (χ4n) is 0. The van der Waals surface area contributed by atoms with Crippen molar-refractivity contribution < 1.29 is 10.2 Å². The molecule has 0 heterocycles. The Labute approximate surface area is 62.6 Å². The predicted molar refractivity (Wildman–Crippen MR) is 20.0 cm³/mol. The molecule has 4 heavy (non-hydrogen) atoms. The molecule has 0 unspecified atom stereocenters. The summed E-state index contributed by atoms with van der Waals surface area (Å²) < 4.78 is 8.00. The van der Waals surface area contributed by atoms with Crippen LogP contribution in [0.2, 0.25) is 0 Å². The van der Waals surface area contributed by atoms with Crippen LogP contribution in [0.25, 0.3) is 0 Å². The van der Waals surface area contributed by atoms with Crippen molar-refractivity contribution in [1.29, 1.82) is 0 Å². The third kappa shape index (κ3) is 10.3. The van der Waals surface area contributed by atoms with Gasteiger partial charge >= 0.3 is 57.9 Å². The third-order valence-electron chi connectivity index (χ3n) is 0. The quantitative estimate of drug-likeness (QED) is 0.339. The average Bonchev–Trinajstić information content (AvgIpc) is 1.00. The number of hydrogen-bond donors (Lipinski definition) is 0. The molecule has 0 rings (SSSR count). The van der Waals surface area contributed by atoms with Crippen LogP contribution in [-0.2, 0) is 4.70 Å². The predicted octanol–water partition coefficient (Wildman–Crippen LogP) is -2.51. The van der Waals surface area contributed by atoms with E-state index >= 15 is 0 Å². The summed E-state index contributed by atoms with van der Waals surface area (Å²) in [6.07, 6.45) is 0. The third-order valence-corrected chi connectivity index (χ3v) is 0. The van der Waals surface area contributed by atoms with Crippen molar-refractivity contribution in [3.63, 3.8) is 0 Å². The second kappa shape index (κ2) is 27.6. The van der Waals surface area contributed by atoms with Crippen molar-refractivity contribution in [2.75, 3.05) is 0 Å². The summed E-state index contributed by atoms with van der Waals surface area (Å²) in [6.45, 7) is 0. The van der Waals surface area contributed by atoms with Gasteiger partial charge in [0.05, 0.1) is 0 Å². The Kier molecular flexibility index (Phi) is 128. The van der Waals surface area contributed by atoms with Gasteiger partial charge in [-0.15, -0.1) is 0 Å². The summed E-state index contributed by atoms with van der Waals surface area (Å²) in [5.41, 5.74) is 0. The first-order chi connectivity index (χ1) is 1.00. The van der Waals surface area contributed by atoms with Crippen LogP contribution in [0.5, 0.6) is 0 Å². The van der Waals surface area contributed by atoms with Crippen molar-refractivity contribution in [1.82, 2.24) is 0 Å². The van der Waals surface area contributed by atoms with Gasteiger partial charge in [0.15, 0.2) is 0 Å². The standard InChI is InChI=1S/BHO.H2O.Sr.2H/c1-2;;;;/h1H;1H2;;;. The van der Waals surface area contributed by atoms with Crippen LogP contribution >= 0.6 is 0 Å². The van der Waals surface area contributed by atoms with Crippen LogP contribution in [0.15, 0.2) is 0 Å². The molecule has 0 fully saturated rings. The van der Waals surface area contributed by atoms with E-state index in [1.807, 2.05) is 7.72 Å². The van der Waals surface area contributed by atoms with E-state index < -0.39 is 0 Å². The Morgan fingerprint density at radius 2 is 1.25 bits per heavy atom. The zero-order valence-electron chi connectivity index (χ0n) is 1.62. The van der Waals surface area contributed by atoms with Gasteiger partial charge in [0.2, 0.25) is 0 Å². The van der Waals surface area contributed by atoms with Crippen molar-refractivity contribution in [2.45, 2.75) is 0 Å². The van der Waals surface area contributed by atoms with Gasteiger partial charge in [-0.1, -0.05) is 0 Å². The van der Waals surface area contributed by atoms with Gasteiger partial charge in [-0.05, 0) is 0 Å². The van der Waals surface area contributed by atoms with Gasteiger partial charge < -0.3 is 5.48 Å². The van der Waals surface area contributed by atoms with Gasteiger partial charge in [-0.25, -0.2) is 0 Å². The van der Waals surface area contributed by atoms with E-state index in [4.69, 9.17) is 4.70 Å². The molecule has 0 atom stereocenters. The Bertz CT molecular complexity index is 6.00. The number of hydrogen-bond acceptors (Lipinski definition) is 1. The summed E-state index contributed by atoms with van der Waals surface area (Å²) >= 11 is 0. The first-order valence-electron chi connectivity index (χ1n) is 0.289. The van der Waals surface area contributed by atoms with Crippen LogP contribution in [-0.4, -0.2) is 58.7 Å². The van der Waals surface area contributed by atoms with Gasteiger partial charge in [-0.3, -0.25) is 0 Å². The Balaban J connectivity index is -0.00000000500. The number of rotatable bonds is 0. The molecule has 0 aromatic rings. The van der Waals surface area contributed by atoms with Crippen LogP contribution in [0.3, 0.4) is 0 Å². The molecule has 0 spiro atoms. The van der Waals surface area contributed by atoms with Gasteiger partial charge in [0, 0.05) is 0 Å². The van der Waals surface area contributed by atoms with E-state index in [0.29, 0.717) is 0 Å². The van der Waals surface area contributed by atoms with Crippen LogP contribution < -0.4 is 0 Å². The first kappa shape index (κ1) is 18.5. The second-order valence-corrected chi connectivity index (χ2v) is 0. The summed E-state index contributed by atoms with van der Waals surface area (Å²) in [7, 11) is 2.00. The minimum absolute atomic E-state index is 0. The molecule has 2 N–H and O–H groups in total. The van der Waals surface area contributed by atoms with Gasteiger partial charge in [-0.2, -0.15) is 0 Å². The zero-order valence-corrected chi connectivity index (χ0v) is 1.62. The van der Waals surface area contributed by atoms with E-state index in [-0.39, 0.29) is 51.0 Å². The maximum atomic E-state index is 8.00. The Morgan fingerprint density at radius 1 is 1.25 bits per heavy atom. The molecular weight excluding hydrogens is 130 g/mol. The maximum absolute atomic E-state index is 8.00. The summed E-state index contributed by atoms with van der Waals surface area (Å²) in [6, 6.07) is 0. The Hall–Kier alpha value is 1.31. The molecular formula is H5BO2Sr. The van der Waals surface area contributed by atoms with E-state index in [1.165, 1.54) is 0 Å². The van der Waals surface area contributed by atoms with E-state index in [2.05, 4.69) is 0 Å². The fraction of sp³-hybridized carbons (Fsp3) is 0. The minimum atomic E-state index is 0. The second-order valence-electron chi connectivity index (χ2n) is 0. The van der Waals surface area contributed by atoms with Crippen LogP contribution in [0, 0.1) is 0 Å². The molecule has 0 aliphatic carbocycles. The molecule has 0 amide bonds. The van der Waals surface area contributed by atoms with Gasteiger partial charge in [0.25, 0.3) is 0 Å². The van der Waals surface area contributed by atoms with Crippen molar-refractivity contribution >= 4 is 53.2 Å². The fourth-order valence-corrected chi connectivity index (χ4v) is 0. The van der Waals surface area contributed by atoms with Crippen LogP contribution in [0.4, 0.5) is 0 Å². The van der Waals surface area contributed by atoms with Crippen molar-refractivity contribution in [3.05, 3.63) is 0 Å². The monoisotopic (exact) mass is 136 g/mol. The van der Waals surface area contributed by atoms with E-state index in [1.54, 1.807) is 0 Å².